The fraction of sp³-hybridized carbons (Fsp3) is 0.438. The highest BCUT2D eigenvalue weighted by atomic mass is 16.5. The Morgan fingerprint density at radius 1 is 1.26 bits per heavy atom. The molecule has 1 heterocycles. The SMILES string of the molecule is COc1cccc2ccc(CNCCC3CC3)nc12. The molecule has 1 N–H and O–H groups in total. The molecule has 1 fully saturated rings. The van der Waals surface area contributed by atoms with Gasteiger partial charge in [-0.2, -0.15) is 0 Å². The van der Waals surface area contributed by atoms with Crippen LogP contribution in [-0.4, -0.2) is 18.6 Å². The van der Waals surface area contributed by atoms with Crippen LogP contribution in [0.2, 0.25) is 0 Å². The predicted octanol–water partition coefficient (Wildman–Crippen LogP) is 3.13. The number of hydrogen-bond acceptors (Lipinski definition) is 3. The van der Waals surface area contributed by atoms with Crippen LogP contribution in [0.15, 0.2) is 30.3 Å². The fourth-order valence-electron chi connectivity index (χ4n) is 2.35. The van der Waals surface area contributed by atoms with Crippen LogP contribution in [0.3, 0.4) is 0 Å². The second kappa shape index (κ2) is 5.57. The number of rotatable bonds is 6. The summed E-state index contributed by atoms with van der Waals surface area (Å²) in [6, 6.07) is 10.2. The van der Waals surface area contributed by atoms with Gasteiger partial charge in [0.2, 0.25) is 0 Å². The number of ether oxygens (including phenoxy) is 1. The first-order chi connectivity index (χ1) is 9.36. The van der Waals surface area contributed by atoms with E-state index < -0.39 is 0 Å². The van der Waals surface area contributed by atoms with Crippen molar-refractivity contribution in [3.8, 4) is 5.75 Å². The van der Waals surface area contributed by atoms with Crippen LogP contribution < -0.4 is 10.1 Å². The summed E-state index contributed by atoms with van der Waals surface area (Å²) >= 11 is 0. The van der Waals surface area contributed by atoms with Crippen molar-refractivity contribution in [3.05, 3.63) is 36.0 Å². The molecule has 0 saturated heterocycles. The fourth-order valence-corrected chi connectivity index (χ4v) is 2.35. The zero-order chi connectivity index (χ0) is 13.1. The molecule has 1 aliphatic carbocycles. The minimum absolute atomic E-state index is 0.834. The Hall–Kier alpha value is -1.61. The van der Waals surface area contributed by atoms with Crippen LogP contribution in [0, 0.1) is 5.92 Å². The molecule has 1 aliphatic rings. The molecule has 1 aromatic carbocycles. The Bertz CT molecular complexity index is 564. The number of nitrogens with one attached hydrogen (secondary N) is 1. The number of para-hydroxylation sites is 1. The first-order valence-corrected chi connectivity index (χ1v) is 7.00. The largest absolute Gasteiger partial charge is 0.494 e. The van der Waals surface area contributed by atoms with E-state index in [-0.39, 0.29) is 0 Å². The quantitative estimate of drug-likeness (QED) is 0.806. The van der Waals surface area contributed by atoms with Crippen molar-refractivity contribution < 1.29 is 4.74 Å². The monoisotopic (exact) mass is 256 g/mol. The highest BCUT2D eigenvalue weighted by molar-refractivity contribution is 5.84. The molecule has 1 aromatic heterocycles. The molecule has 3 nitrogen and oxygen atoms in total. The zero-order valence-corrected chi connectivity index (χ0v) is 11.4. The first kappa shape index (κ1) is 12.4. The predicted molar refractivity (Wildman–Crippen MR) is 77.3 cm³/mol. The summed E-state index contributed by atoms with van der Waals surface area (Å²) in [6.07, 6.45) is 4.15. The summed E-state index contributed by atoms with van der Waals surface area (Å²) in [5.74, 6) is 1.83. The van der Waals surface area contributed by atoms with Crippen molar-refractivity contribution in [2.75, 3.05) is 13.7 Å². The third-order valence-corrected chi connectivity index (χ3v) is 3.69. The summed E-state index contributed by atoms with van der Waals surface area (Å²) in [6.45, 7) is 1.93. The zero-order valence-electron chi connectivity index (χ0n) is 11.4. The number of benzene rings is 1. The number of hydrogen-bond donors (Lipinski definition) is 1. The lowest BCUT2D eigenvalue weighted by Crippen LogP contribution is -2.16. The van der Waals surface area contributed by atoms with Gasteiger partial charge in [-0.25, -0.2) is 4.98 Å². The van der Waals surface area contributed by atoms with Crippen LogP contribution >= 0.6 is 0 Å². The number of nitrogens with zero attached hydrogens (tertiary/aromatic N) is 1. The van der Waals surface area contributed by atoms with E-state index in [1.807, 2.05) is 12.1 Å². The summed E-state index contributed by atoms with van der Waals surface area (Å²) in [5.41, 5.74) is 2.03. The van der Waals surface area contributed by atoms with E-state index in [1.165, 1.54) is 19.3 Å². The van der Waals surface area contributed by atoms with Gasteiger partial charge < -0.3 is 10.1 Å². The molecule has 3 rings (SSSR count). The molecule has 0 radical (unpaired) electrons. The Morgan fingerprint density at radius 2 is 2.16 bits per heavy atom. The van der Waals surface area contributed by atoms with Gasteiger partial charge in [0.15, 0.2) is 0 Å². The maximum Gasteiger partial charge on any atom is 0.145 e. The van der Waals surface area contributed by atoms with Gasteiger partial charge in [0.1, 0.15) is 11.3 Å². The van der Waals surface area contributed by atoms with Gasteiger partial charge in [0, 0.05) is 11.9 Å². The van der Waals surface area contributed by atoms with Crippen LogP contribution in [-0.2, 0) is 6.54 Å². The first-order valence-electron chi connectivity index (χ1n) is 7.00. The van der Waals surface area contributed by atoms with Crippen molar-refractivity contribution in [2.45, 2.75) is 25.8 Å². The smallest absolute Gasteiger partial charge is 0.145 e. The van der Waals surface area contributed by atoms with Crippen LogP contribution in [0.5, 0.6) is 5.75 Å². The highest BCUT2D eigenvalue weighted by Gasteiger charge is 2.19. The standard InChI is InChI=1S/C16H20N2O/c1-19-15-4-2-3-13-7-8-14(18-16(13)15)11-17-10-9-12-5-6-12/h2-4,7-8,12,17H,5-6,9-11H2,1H3. The van der Waals surface area contributed by atoms with Gasteiger partial charge in [0.25, 0.3) is 0 Å². The lowest BCUT2D eigenvalue weighted by molar-refractivity contribution is 0.418. The summed E-state index contributed by atoms with van der Waals surface area (Å²) in [5, 5.41) is 4.60. The average molecular weight is 256 g/mol. The maximum atomic E-state index is 5.36. The molecule has 0 bridgehead atoms. The van der Waals surface area contributed by atoms with E-state index in [2.05, 4.69) is 23.5 Å². The van der Waals surface area contributed by atoms with Crippen molar-refractivity contribution in [3.63, 3.8) is 0 Å². The lowest BCUT2D eigenvalue weighted by atomic mass is 10.2. The Morgan fingerprint density at radius 3 is 2.95 bits per heavy atom. The molecule has 0 spiro atoms. The third-order valence-electron chi connectivity index (χ3n) is 3.69. The van der Waals surface area contributed by atoms with Crippen LogP contribution in [0.1, 0.15) is 25.0 Å². The summed E-state index contributed by atoms with van der Waals surface area (Å²) in [4.78, 5) is 4.69. The van der Waals surface area contributed by atoms with Crippen molar-refractivity contribution >= 4 is 10.9 Å². The normalized spacial score (nSPS) is 14.8. The second-order valence-corrected chi connectivity index (χ2v) is 5.24. The molecule has 0 aliphatic heterocycles. The van der Waals surface area contributed by atoms with Crippen LogP contribution in [0.25, 0.3) is 10.9 Å². The Balaban J connectivity index is 1.68. The second-order valence-electron chi connectivity index (χ2n) is 5.24. The molecule has 19 heavy (non-hydrogen) atoms. The number of methoxy groups -OCH3 is 1. The van der Waals surface area contributed by atoms with Gasteiger partial charge in [-0.1, -0.05) is 31.0 Å². The van der Waals surface area contributed by atoms with Gasteiger partial charge in [-0.05, 0) is 31.0 Å². The molecular formula is C16H20N2O. The third kappa shape index (κ3) is 3.04. The minimum Gasteiger partial charge on any atom is -0.494 e. The van der Waals surface area contributed by atoms with Crippen molar-refractivity contribution in [1.82, 2.24) is 10.3 Å². The molecular weight excluding hydrogens is 236 g/mol. The van der Waals surface area contributed by atoms with E-state index in [1.54, 1.807) is 7.11 Å². The Labute approximate surface area is 114 Å². The molecule has 1 saturated carbocycles. The van der Waals surface area contributed by atoms with E-state index in [9.17, 15) is 0 Å². The van der Waals surface area contributed by atoms with Crippen molar-refractivity contribution in [1.29, 1.82) is 0 Å². The number of aromatic nitrogens is 1. The van der Waals surface area contributed by atoms with E-state index >= 15 is 0 Å². The highest BCUT2D eigenvalue weighted by Crippen LogP contribution is 2.31. The molecule has 100 valence electrons. The van der Waals surface area contributed by atoms with Crippen LogP contribution in [0.4, 0.5) is 0 Å². The minimum atomic E-state index is 0.834. The molecule has 2 aromatic rings. The molecule has 0 unspecified atom stereocenters. The summed E-state index contributed by atoms with van der Waals surface area (Å²) < 4.78 is 5.36. The van der Waals surface area contributed by atoms with E-state index in [0.29, 0.717) is 0 Å². The van der Waals surface area contributed by atoms with Gasteiger partial charge in [-0.15, -0.1) is 0 Å². The van der Waals surface area contributed by atoms with E-state index in [0.717, 1.165) is 41.4 Å². The average Bonchev–Trinajstić information content (AvgIpc) is 3.27. The molecule has 0 amide bonds. The number of fused-ring (bicyclic) bond motifs is 1. The van der Waals surface area contributed by atoms with Gasteiger partial charge >= 0.3 is 0 Å². The molecule has 3 heteroatoms. The van der Waals surface area contributed by atoms with Gasteiger partial charge in [0.05, 0.1) is 12.8 Å². The Kier molecular flexibility index (Phi) is 3.65. The van der Waals surface area contributed by atoms with Gasteiger partial charge in [-0.3, -0.25) is 0 Å². The maximum absolute atomic E-state index is 5.36. The van der Waals surface area contributed by atoms with Crippen molar-refractivity contribution in [2.24, 2.45) is 5.92 Å². The summed E-state index contributed by atoms with van der Waals surface area (Å²) in [7, 11) is 1.69. The topological polar surface area (TPSA) is 34.1 Å². The van der Waals surface area contributed by atoms with E-state index in [4.69, 9.17) is 9.72 Å². The lowest BCUT2D eigenvalue weighted by Gasteiger charge is -2.08. The number of pyridine rings is 1. The molecule has 0 atom stereocenters.